The number of hydrogen-bond acceptors (Lipinski definition) is 9. The minimum atomic E-state index is -1.54. The van der Waals surface area contributed by atoms with Crippen molar-refractivity contribution < 1.29 is 44.2 Å². The van der Waals surface area contributed by atoms with Gasteiger partial charge in [0, 0.05) is 13.0 Å². The van der Waals surface area contributed by atoms with Crippen LogP contribution in [-0.2, 0) is 23.7 Å². The molecule has 1 aliphatic rings. The molecule has 6 unspecified atom stereocenters. The van der Waals surface area contributed by atoms with E-state index >= 15 is 0 Å². The van der Waals surface area contributed by atoms with Crippen molar-refractivity contribution in [3.05, 3.63) is 48.6 Å². The fraction of sp³-hybridized carbons (Fsp3) is 0.847. The Kier molecular flexibility index (Phi) is 47.3. The number of carbonyl (C=O) groups excluding carboxylic acids is 1. The summed E-state index contributed by atoms with van der Waals surface area (Å²) in [6.45, 7) is 4.57. The van der Waals surface area contributed by atoms with Gasteiger partial charge in [-0.25, -0.2) is 0 Å². The highest BCUT2D eigenvalue weighted by Gasteiger charge is 2.44. The molecule has 68 heavy (non-hydrogen) atoms. The number of aliphatic hydroxyl groups excluding tert-OH is 4. The van der Waals surface area contributed by atoms with Gasteiger partial charge in [-0.05, 0) is 77.0 Å². The van der Waals surface area contributed by atoms with Gasteiger partial charge in [-0.1, -0.05) is 223 Å². The molecule has 0 amide bonds. The average Bonchev–Trinajstić information content (AvgIpc) is 3.34. The summed E-state index contributed by atoms with van der Waals surface area (Å²) >= 11 is 0. The molecule has 6 atom stereocenters. The standard InChI is InChI=1S/C59H108O9/c1-3-5-7-9-11-13-15-17-19-21-23-25-27-28-30-32-34-36-38-40-42-44-46-48-55(61)67-53(52-66-59-58(64)57(63)56(62)54(50-60)68-59)51-65-49-47-45-43-41-39-37-35-33-31-29-26-24-22-20-18-16-14-12-10-8-6-4-2/h15-18,21-24,53-54,56-60,62-64H,3-14,19-20,25-52H2,1-2H3/b17-15-,18-16-,23-21-,24-22-. The van der Waals surface area contributed by atoms with Crippen molar-refractivity contribution in [2.75, 3.05) is 26.4 Å². The molecule has 1 heterocycles. The lowest BCUT2D eigenvalue weighted by Gasteiger charge is -2.39. The molecule has 398 valence electrons. The first-order chi connectivity index (χ1) is 33.4. The minimum Gasteiger partial charge on any atom is -0.457 e. The molecule has 0 bridgehead atoms. The largest absolute Gasteiger partial charge is 0.457 e. The van der Waals surface area contributed by atoms with Gasteiger partial charge in [0.25, 0.3) is 0 Å². The van der Waals surface area contributed by atoms with Gasteiger partial charge in [0.2, 0.25) is 0 Å². The molecule has 0 aromatic heterocycles. The van der Waals surface area contributed by atoms with Crippen LogP contribution in [0.5, 0.6) is 0 Å². The summed E-state index contributed by atoms with van der Waals surface area (Å²) in [6.07, 6.45) is 57.2. The monoisotopic (exact) mass is 961 g/mol. The van der Waals surface area contributed by atoms with Crippen LogP contribution < -0.4 is 0 Å². The average molecular weight is 962 g/mol. The zero-order valence-electron chi connectivity index (χ0n) is 44.1. The van der Waals surface area contributed by atoms with Gasteiger partial charge < -0.3 is 39.4 Å². The lowest BCUT2D eigenvalue weighted by atomic mass is 9.99. The smallest absolute Gasteiger partial charge is 0.306 e. The predicted octanol–water partition coefficient (Wildman–Crippen LogP) is 14.8. The molecule has 9 nitrogen and oxygen atoms in total. The number of unbranched alkanes of at least 4 members (excludes halogenated alkanes) is 31. The maximum absolute atomic E-state index is 12.9. The van der Waals surface area contributed by atoms with E-state index in [2.05, 4.69) is 62.5 Å². The summed E-state index contributed by atoms with van der Waals surface area (Å²) in [4.78, 5) is 12.9. The van der Waals surface area contributed by atoms with Crippen LogP contribution in [0.1, 0.15) is 258 Å². The number of ether oxygens (including phenoxy) is 4. The summed E-state index contributed by atoms with van der Waals surface area (Å²) in [7, 11) is 0. The van der Waals surface area contributed by atoms with E-state index in [1.807, 2.05) is 0 Å². The molecular formula is C59H108O9. The fourth-order valence-electron chi connectivity index (χ4n) is 8.73. The highest BCUT2D eigenvalue weighted by molar-refractivity contribution is 5.69. The van der Waals surface area contributed by atoms with Gasteiger partial charge in [-0.2, -0.15) is 0 Å². The Labute approximate surface area is 418 Å². The molecule has 0 radical (unpaired) electrons. The molecule has 0 aromatic rings. The normalized spacial score (nSPS) is 19.4. The predicted molar refractivity (Wildman–Crippen MR) is 284 cm³/mol. The quantitative estimate of drug-likeness (QED) is 0.0267. The van der Waals surface area contributed by atoms with Gasteiger partial charge in [0.05, 0.1) is 19.8 Å². The van der Waals surface area contributed by atoms with Crippen LogP contribution in [0.15, 0.2) is 48.6 Å². The second kappa shape index (κ2) is 50.1. The Morgan fingerprint density at radius 3 is 1.26 bits per heavy atom. The Bertz CT molecular complexity index is 1180. The van der Waals surface area contributed by atoms with Crippen LogP contribution in [0.2, 0.25) is 0 Å². The number of aliphatic hydroxyl groups is 4. The van der Waals surface area contributed by atoms with Gasteiger partial charge in [0.15, 0.2) is 6.29 Å². The first-order valence-corrected chi connectivity index (χ1v) is 28.7. The van der Waals surface area contributed by atoms with Crippen molar-refractivity contribution in [3.63, 3.8) is 0 Å². The second-order valence-electron chi connectivity index (χ2n) is 19.7. The molecule has 0 aliphatic carbocycles. The van der Waals surface area contributed by atoms with Crippen LogP contribution in [0.25, 0.3) is 0 Å². The topological polar surface area (TPSA) is 135 Å². The third-order valence-electron chi connectivity index (χ3n) is 13.2. The molecule has 4 N–H and O–H groups in total. The molecule has 1 fully saturated rings. The zero-order chi connectivity index (χ0) is 49.2. The van der Waals surface area contributed by atoms with Crippen molar-refractivity contribution >= 4 is 5.97 Å². The lowest BCUT2D eigenvalue weighted by molar-refractivity contribution is -0.305. The zero-order valence-corrected chi connectivity index (χ0v) is 44.1. The van der Waals surface area contributed by atoms with Crippen LogP contribution in [-0.4, -0.2) is 89.6 Å². The highest BCUT2D eigenvalue weighted by Crippen LogP contribution is 2.23. The molecule has 1 aliphatic heterocycles. The first-order valence-electron chi connectivity index (χ1n) is 28.7. The SMILES string of the molecule is CCCCCCC/C=C\C/C=C\CCCCCCCCCCCCCC(=O)OC(COCCCCCCCCCCCC/C=C\C/C=C\CCCCCCC)COC1OC(CO)C(O)C(O)C1O. The van der Waals surface area contributed by atoms with Crippen LogP contribution in [0.4, 0.5) is 0 Å². The van der Waals surface area contributed by atoms with Crippen molar-refractivity contribution in [2.24, 2.45) is 0 Å². The van der Waals surface area contributed by atoms with E-state index in [0.717, 1.165) is 44.9 Å². The minimum absolute atomic E-state index is 0.115. The maximum atomic E-state index is 12.9. The summed E-state index contributed by atoms with van der Waals surface area (Å²) in [5, 5.41) is 40.3. The van der Waals surface area contributed by atoms with Gasteiger partial charge >= 0.3 is 5.97 Å². The number of rotatable bonds is 50. The third kappa shape index (κ3) is 39.8. The Morgan fingerprint density at radius 1 is 0.471 bits per heavy atom. The maximum Gasteiger partial charge on any atom is 0.306 e. The first kappa shape index (κ1) is 64.2. The van der Waals surface area contributed by atoms with Crippen molar-refractivity contribution in [3.8, 4) is 0 Å². The number of hydrogen-bond donors (Lipinski definition) is 4. The third-order valence-corrected chi connectivity index (χ3v) is 13.2. The van der Waals surface area contributed by atoms with E-state index in [-0.39, 0.29) is 19.2 Å². The number of allylic oxidation sites excluding steroid dienone is 8. The van der Waals surface area contributed by atoms with E-state index in [9.17, 15) is 25.2 Å². The summed E-state index contributed by atoms with van der Waals surface area (Å²) < 4.78 is 23.0. The van der Waals surface area contributed by atoms with E-state index < -0.39 is 43.4 Å². The molecule has 0 saturated carbocycles. The number of esters is 1. The van der Waals surface area contributed by atoms with Crippen molar-refractivity contribution in [1.29, 1.82) is 0 Å². The van der Waals surface area contributed by atoms with E-state index in [4.69, 9.17) is 18.9 Å². The molecule has 0 spiro atoms. The molecule has 0 aromatic carbocycles. The van der Waals surface area contributed by atoms with Gasteiger partial charge in [-0.3, -0.25) is 4.79 Å². The second-order valence-corrected chi connectivity index (χ2v) is 19.7. The molecular weight excluding hydrogens is 853 g/mol. The Balaban J connectivity index is 2.16. The Hall–Kier alpha value is -1.85. The van der Waals surface area contributed by atoms with Crippen molar-refractivity contribution in [2.45, 2.75) is 295 Å². The van der Waals surface area contributed by atoms with Crippen molar-refractivity contribution in [1.82, 2.24) is 0 Å². The lowest BCUT2D eigenvalue weighted by Crippen LogP contribution is -2.59. The fourth-order valence-corrected chi connectivity index (χ4v) is 8.73. The number of carbonyl (C=O) groups is 1. The Morgan fingerprint density at radius 2 is 0.853 bits per heavy atom. The molecule has 9 heteroatoms. The van der Waals surface area contributed by atoms with E-state index in [1.54, 1.807) is 0 Å². The van der Waals surface area contributed by atoms with E-state index in [1.165, 1.54) is 193 Å². The van der Waals surface area contributed by atoms with Crippen LogP contribution in [0.3, 0.4) is 0 Å². The molecule has 1 saturated heterocycles. The highest BCUT2D eigenvalue weighted by atomic mass is 16.7. The van der Waals surface area contributed by atoms with Gasteiger partial charge in [0.1, 0.15) is 30.5 Å². The summed E-state index contributed by atoms with van der Waals surface area (Å²) in [5.41, 5.74) is 0. The van der Waals surface area contributed by atoms with Gasteiger partial charge in [-0.15, -0.1) is 0 Å². The summed E-state index contributed by atoms with van der Waals surface area (Å²) in [5.74, 6) is -0.314. The molecule has 1 rings (SSSR count). The summed E-state index contributed by atoms with van der Waals surface area (Å²) in [6, 6.07) is 0. The van der Waals surface area contributed by atoms with Crippen LogP contribution >= 0.6 is 0 Å². The van der Waals surface area contributed by atoms with E-state index in [0.29, 0.717) is 13.0 Å². The van der Waals surface area contributed by atoms with Crippen LogP contribution in [0, 0.1) is 0 Å².